The highest BCUT2D eigenvalue weighted by molar-refractivity contribution is 5.92. The van der Waals surface area contributed by atoms with E-state index in [9.17, 15) is 14.3 Å². The third-order valence-electron chi connectivity index (χ3n) is 3.15. The van der Waals surface area contributed by atoms with Crippen LogP contribution < -0.4 is 5.32 Å². The normalized spacial score (nSPS) is 12.2. The van der Waals surface area contributed by atoms with Crippen molar-refractivity contribution in [2.45, 2.75) is 26.5 Å². The van der Waals surface area contributed by atoms with E-state index in [0.717, 1.165) is 5.69 Å². The van der Waals surface area contributed by atoms with Crippen LogP contribution in [0.15, 0.2) is 30.3 Å². The maximum absolute atomic E-state index is 13.5. The first-order chi connectivity index (χ1) is 10.0. The maximum atomic E-state index is 13.5. The van der Waals surface area contributed by atoms with Gasteiger partial charge in [-0.3, -0.25) is 9.48 Å². The zero-order chi connectivity index (χ0) is 15.4. The van der Waals surface area contributed by atoms with Gasteiger partial charge in [-0.1, -0.05) is 18.2 Å². The third kappa shape index (κ3) is 3.46. The third-order valence-corrected chi connectivity index (χ3v) is 3.15. The lowest BCUT2D eigenvalue weighted by molar-refractivity contribution is 0.0903. The molecule has 21 heavy (non-hydrogen) atoms. The number of aromatic nitrogens is 2. The number of nitrogens with zero attached hydrogens (tertiary/aromatic N) is 2. The van der Waals surface area contributed by atoms with E-state index in [-0.39, 0.29) is 18.0 Å². The summed E-state index contributed by atoms with van der Waals surface area (Å²) in [4.78, 5) is 12.1. The second kappa shape index (κ2) is 6.49. The van der Waals surface area contributed by atoms with Gasteiger partial charge in [-0.2, -0.15) is 5.10 Å². The highest BCUT2D eigenvalue weighted by Gasteiger charge is 2.16. The van der Waals surface area contributed by atoms with Crippen LogP contribution >= 0.6 is 0 Å². The number of amides is 1. The molecule has 0 spiro atoms. The van der Waals surface area contributed by atoms with Crippen molar-refractivity contribution < 1.29 is 14.3 Å². The van der Waals surface area contributed by atoms with Gasteiger partial charge in [0.25, 0.3) is 5.91 Å². The zero-order valence-electron chi connectivity index (χ0n) is 12.0. The molecule has 0 aliphatic heterocycles. The molecular weight excluding hydrogens is 273 g/mol. The summed E-state index contributed by atoms with van der Waals surface area (Å²) in [6.07, 6.45) is -1.09. The van der Waals surface area contributed by atoms with E-state index in [1.807, 2.05) is 6.92 Å². The molecule has 1 amide bonds. The number of rotatable bonds is 5. The summed E-state index contributed by atoms with van der Waals surface area (Å²) in [6, 6.07) is 7.63. The van der Waals surface area contributed by atoms with Gasteiger partial charge in [0.05, 0.1) is 11.8 Å². The first-order valence-electron chi connectivity index (χ1n) is 6.78. The molecule has 2 aromatic rings. The van der Waals surface area contributed by atoms with E-state index >= 15 is 0 Å². The number of carbonyl (C=O) groups excluding carboxylic acids is 1. The van der Waals surface area contributed by atoms with Gasteiger partial charge in [-0.05, 0) is 26.0 Å². The molecule has 1 aromatic carbocycles. The minimum Gasteiger partial charge on any atom is -0.386 e. The Balaban J connectivity index is 2.02. The predicted molar refractivity (Wildman–Crippen MR) is 76.3 cm³/mol. The summed E-state index contributed by atoms with van der Waals surface area (Å²) in [5.74, 6) is -0.832. The molecule has 6 heteroatoms. The van der Waals surface area contributed by atoms with Crippen molar-refractivity contribution in [3.8, 4) is 0 Å². The van der Waals surface area contributed by atoms with E-state index in [1.165, 1.54) is 12.1 Å². The Labute approximate surface area is 122 Å². The van der Waals surface area contributed by atoms with Crippen molar-refractivity contribution in [1.82, 2.24) is 15.1 Å². The van der Waals surface area contributed by atoms with Crippen LogP contribution in [0.25, 0.3) is 0 Å². The van der Waals surface area contributed by atoms with Gasteiger partial charge in [0.2, 0.25) is 0 Å². The Morgan fingerprint density at radius 3 is 2.86 bits per heavy atom. The van der Waals surface area contributed by atoms with Crippen LogP contribution in [0.5, 0.6) is 0 Å². The topological polar surface area (TPSA) is 67.2 Å². The van der Waals surface area contributed by atoms with Crippen molar-refractivity contribution in [2.24, 2.45) is 0 Å². The van der Waals surface area contributed by atoms with Crippen LogP contribution in [0.4, 0.5) is 4.39 Å². The predicted octanol–water partition coefficient (Wildman–Crippen LogP) is 1.81. The van der Waals surface area contributed by atoms with Crippen molar-refractivity contribution >= 4 is 5.91 Å². The van der Waals surface area contributed by atoms with Crippen LogP contribution in [-0.4, -0.2) is 27.3 Å². The van der Waals surface area contributed by atoms with E-state index in [1.54, 1.807) is 29.8 Å². The van der Waals surface area contributed by atoms with Gasteiger partial charge in [0.1, 0.15) is 11.5 Å². The Morgan fingerprint density at radius 1 is 1.48 bits per heavy atom. The molecule has 1 aromatic heterocycles. The lowest BCUT2D eigenvalue weighted by Gasteiger charge is -2.13. The number of hydrogen-bond acceptors (Lipinski definition) is 3. The highest BCUT2D eigenvalue weighted by Crippen LogP contribution is 2.15. The summed E-state index contributed by atoms with van der Waals surface area (Å²) < 4.78 is 15.1. The Hall–Kier alpha value is -2.21. The zero-order valence-corrected chi connectivity index (χ0v) is 12.0. The number of hydrogen-bond donors (Lipinski definition) is 2. The monoisotopic (exact) mass is 291 g/mol. The molecule has 0 bridgehead atoms. The van der Waals surface area contributed by atoms with Gasteiger partial charge in [-0.15, -0.1) is 0 Å². The van der Waals surface area contributed by atoms with Gasteiger partial charge in [0, 0.05) is 18.7 Å². The van der Waals surface area contributed by atoms with E-state index < -0.39 is 11.9 Å². The molecular formula is C15H18FN3O2. The summed E-state index contributed by atoms with van der Waals surface area (Å²) in [5, 5.41) is 16.7. The molecule has 2 N–H and O–H groups in total. The quantitative estimate of drug-likeness (QED) is 0.883. The fourth-order valence-corrected chi connectivity index (χ4v) is 2.10. The number of halogens is 1. The fourth-order valence-electron chi connectivity index (χ4n) is 2.10. The van der Waals surface area contributed by atoms with Gasteiger partial charge >= 0.3 is 0 Å². The summed E-state index contributed by atoms with van der Waals surface area (Å²) in [5.41, 5.74) is 1.34. The van der Waals surface area contributed by atoms with E-state index in [2.05, 4.69) is 10.4 Å². The van der Waals surface area contributed by atoms with Crippen molar-refractivity contribution in [3.05, 3.63) is 53.1 Å². The van der Waals surface area contributed by atoms with Gasteiger partial charge in [0.15, 0.2) is 0 Å². The van der Waals surface area contributed by atoms with Crippen LogP contribution in [0, 0.1) is 12.7 Å². The molecule has 1 unspecified atom stereocenters. The minimum atomic E-state index is -1.09. The second-order valence-electron chi connectivity index (χ2n) is 4.73. The van der Waals surface area contributed by atoms with Crippen LogP contribution in [0.2, 0.25) is 0 Å². The summed E-state index contributed by atoms with van der Waals surface area (Å²) in [6.45, 7) is 4.20. The Kier molecular flexibility index (Phi) is 4.70. The van der Waals surface area contributed by atoms with Crippen molar-refractivity contribution in [3.63, 3.8) is 0 Å². The van der Waals surface area contributed by atoms with Gasteiger partial charge in [-0.25, -0.2) is 4.39 Å². The molecule has 0 saturated carbocycles. The van der Waals surface area contributed by atoms with Crippen molar-refractivity contribution in [2.75, 3.05) is 6.54 Å². The van der Waals surface area contributed by atoms with Crippen LogP contribution in [0.3, 0.4) is 0 Å². The van der Waals surface area contributed by atoms with Crippen molar-refractivity contribution in [1.29, 1.82) is 0 Å². The molecule has 2 rings (SSSR count). The highest BCUT2D eigenvalue weighted by atomic mass is 19.1. The number of nitrogens with one attached hydrogen (secondary N) is 1. The van der Waals surface area contributed by atoms with Crippen LogP contribution in [-0.2, 0) is 6.54 Å². The SMILES string of the molecule is CCn1nc(C)cc1C(=O)NCC(O)c1ccccc1F. The lowest BCUT2D eigenvalue weighted by atomic mass is 10.1. The summed E-state index contributed by atoms with van der Waals surface area (Å²) in [7, 11) is 0. The average Bonchev–Trinajstić information content (AvgIpc) is 2.86. The first kappa shape index (κ1) is 15.2. The molecule has 0 saturated heterocycles. The molecule has 0 aliphatic carbocycles. The number of aliphatic hydroxyl groups is 1. The largest absolute Gasteiger partial charge is 0.386 e. The molecule has 112 valence electrons. The molecule has 1 heterocycles. The maximum Gasteiger partial charge on any atom is 0.269 e. The number of aryl methyl sites for hydroxylation is 2. The van der Waals surface area contributed by atoms with E-state index in [0.29, 0.717) is 12.2 Å². The summed E-state index contributed by atoms with van der Waals surface area (Å²) >= 11 is 0. The van der Waals surface area contributed by atoms with Crippen LogP contribution in [0.1, 0.15) is 34.8 Å². The molecule has 0 aliphatic rings. The Bertz CT molecular complexity index is 640. The second-order valence-corrected chi connectivity index (χ2v) is 4.73. The smallest absolute Gasteiger partial charge is 0.269 e. The number of carbonyl (C=O) groups is 1. The minimum absolute atomic E-state index is 0.0618. The lowest BCUT2D eigenvalue weighted by Crippen LogP contribution is -2.30. The average molecular weight is 291 g/mol. The number of benzene rings is 1. The molecule has 0 fully saturated rings. The van der Waals surface area contributed by atoms with E-state index in [4.69, 9.17) is 0 Å². The molecule has 1 atom stereocenters. The fraction of sp³-hybridized carbons (Fsp3) is 0.333. The van der Waals surface area contributed by atoms with Gasteiger partial charge < -0.3 is 10.4 Å². The first-order valence-corrected chi connectivity index (χ1v) is 6.78. The number of aliphatic hydroxyl groups excluding tert-OH is 1. The Morgan fingerprint density at radius 2 is 2.19 bits per heavy atom. The standard InChI is InChI=1S/C15H18FN3O2/c1-3-19-13(8-10(2)18-19)15(21)17-9-14(20)11-6-4-5-7-12(11)16/h4-8,14,20H,3,9H2,1-2H3,(H,17,21). The molecule has 5 nitrogen and oxygen atoms in total. The molecule has 0 radical (unpaired) electrons.